The number of amides is 1. The van der Waals surface area contributed by atoms with Crippen molar-refractivity contribution in [2.45, 2.75) is 12.5 Å². The molecule has 1 atom stereocenters. The van der Waals surface area contributed by atoms with Gasteiger partial charge in [-0.05, 0) is 30.2 Å². The summed E-state index contributed by atoms with van der Waals surface area (Å²) in [7, 11) is 0. The molecule has 0 fully saturated rings. The first-order valence-corrected chi connectivity index (χ1v) is 7.80. The van der Waals surface area contributed by atoms with E-state index in [-0.39, 0.29) is 23.9 Å². The van der Waals surface area contributed by atoms with Gasteiger partial charge in [0.05, 0.1) is 6.04 Å². The van der Waals surface area contributed by atoms with Gasteiger partial charge in [0.1, 0.15) is 24.2 Å². The molecule has 1 unspecified atom stereocenters. The standard InChI is InChI=1S/C18H17FN4O2/c19-15-10-14(6-7-17(15)23-12-20-11-21-23)18(25)22-16(8-9-24)13-4-2-1-3-5-13/h1-7,10-12,16,24H,8-9H2,(H,22,25). The average Bonchev–Trinajstić information content (AvgIpc) is 3.16. The summed E-state index contributed by atoms with van der Waals surface area (Å²) in [5.41, 5.74) is 1.29. The highest BCUT2D eigenvalue weighted by Crippen LogP contribution is 2.18. The number of hydrogen-bond donors (Lipinski definition) is 2. The third-order valence-corrected chi connectivity index (χ3v) is 3.80. The lowest BCUT2D eigenvalue weighted by Crippen LogP contribution is -2.29. The normalized spacial score (nSPS) is 11.9. The van der Waals surface area contributed by atoms with Gasteiger partial charge in [-0.1, -0.05) is 30.3 Å². The largest absolute Gasteiger partial charge is 0.396 e. The summed E-state index contributed by atoms with van der Waals surface area (Å²) in [6, 6.07) is 13.1. The zero-order valence-corrected chi connectivity index (χ0v) is 13.3. The molecule has 1 heterocycles. The Hall–Kier alpha value is -3.06. The molecule has 1 amide bonds. The fourth-order valence-corrected chi connectivity index (χ4v) is 2.54. The average molecular weight is 340 g/mol. The molecule has 1 aromatic heterocycles. The zero-order valence-electron chi connectivity index (χ0n) is 13.3. The maximum Gasteiger partial charge on any atom is 0.251 e. The highest BCUT2D eigenvalue weighted by atomic mass is 19.1. The predicted molar refractivity (Wildman–Crippen MR) is 89.7 cm³/mol. The number of carbonyl (C=O) groups is 1. The summed E-state index contributed by atoms with van der Waals surface area (Å²) >= 11 is 0. The summed E-state index contributed by atoms with van der Waals surface area (Å²) in [5, 5.41) is 15.9. The van der Waals surface area contributed by atoms with Crippen LogP contribution < -0.4 is 5.32 Å². The third kappa shape index (κ3) is 3.89. The molecule has 128 valence electrons. The Kier molecular flexibility index (Phi) is 5.15. The molecule has 3 aromatic rings. The van der Waals surface area contributed by atoms with E-state index < -0.39 is 11.7 Å². The van der Waals surface area contributed by atoms with Crippen LogP contribution in [0.25, 0.3) is 5.69 Å². The van der Waals surface area contributed by atoms with Crippen LogP contribution in [-0.4, -0.2) is 32.4 Å². The Morgan fingerprint density at radius 3 is 2.68 bits per heavy atom. The predicted octanol–water partition coefficient (Wildman–Crippen LogP) is 2.26. The number of halogens is 1. The fourth-order valence-electron chi connectivity index (χ4n) is 2.54. The van der Waals surface area contributed by atoms with E-state index >= 15 is 0 Å². The molecule has 3 rings (SSSR count). The number of benzene rings is 2. The van der Waals surface area contributed by atoms with Crippen molar-refractivity contribution >= 4 is 5.91 Å². The highest BCUT2D eigenvalue weighted by molar-refractivity contribution is 5.94. The molecule has 6 nitrogen and oxygen atoms in total. The Labute approximate surface area is 144 Å². The molecule has 0 saturated carbocycles. The number of hydrogen-bond acceptors (Lipinski definition) is 4. The Bertz CT molecular complexity index is 838. The van der Waals surface area contributed by atoms with Crippen molar-refractivity contribution in [3.63, 3.8) is 0 Å². The van der Waals surface area contributed by atoms with Crippen molar-refractivity contribution in [1.82, 2.24) is 20.1 Å². The van der Waals surface area contributed by atoms with Crippen LogP contribution in [0.15, 0.2) is 61.2 Å². The van der Waals surface area contributed by atoms with Gasteiger partial charge >= 0.3 is 0 Å². The van der Waals surface area contributed by atoms with Gasteiger partial charge in [0, 0.05) is 12.2 Å². The number of nitrogens with zero attached hydrogens (tertiary/aromatic N) is 3. The molecule has 0 saturated heterocycles. The number of rotatable bonds is 6. The minimum Gasteiger partial charge on any atom is -0.396 e. The number of carbonyl (C=O) groups excluding carboxylic acids is 1. The monoisotopic (exact) mass is 340 g/mol. The summed E-state index contributed by atoms with van der Waals surface area (Å²) < 4.78 is 15.6. The Morgan fingerprint density at radius 2 is 2.04 bits per heavy atom. The van der Waals surface area contributed by atoms with Crippen molar-refractivity contribution in [3.8, 4) is 5.69 Å². The lowest BCUT2D eigenvalue weighted by Gasteiger charge is -2.18. The van der Waals surface area contributed by atoms with E-state index in [1.807, 2.05) is 30.3 Å². The molecule has 2 N–H and O–H groups in total. The SMILES string of the molecule is O=C(NC(CCO)c1ccccc1)c1ccc(-n2cncn2)c(F)c1. The van der Waals surface area contributed by atoms with Gasteiger partial charge in [0.2, 0.25) is 0 Å². The van der Waals surface area contributed by atoms with Gasteiger partial charge in [0.15, 0.2) is 0 Å². The molecule has 0 spiro atoms. The van der Waals surface area contributed by atoms with E-state index in [1.165, 1.54) is 29.5 Å². The van der Waals surface area contributed by atoms with Crippen LogP contribution in [0, 0.1) is 5.82 Å². The number of aliphatic hydroxyl groups is 1. The van der Waals surface area contributed by atoms with Gasteiger partial charge < -0.3 is 10.4 Å². The number of aromatic nitrogens is 3. The first kappa shape index (κ1) is 16.8. The zero-order chi connectivity index (χ0) is 17.6. The summed E-state index contributed by atoms with van der Waals surface area (Å²) in [5.74, 6) is -0.983. The van der Waals surface area contributed by atoms with Gasteiger partial charge in [-0.3, -0.25) is 4.79 Å². The van der Waals surface area contributed by atoms with E-state index in [2.05, 4.69) is 15.4 Å². The minimum atomic E-state index is -0.573. The molecule has 0 radical (unpaired) electrons. The van der Waals surface area contributed by atoms with Gasteiger partial charge in [-0.25, -0.2) is 14.1 Å². The smallest absolute Gasteiger partial charge is 0.251 e. The topological polar surface area (TPSA) is 80.0 Å². The first-order chi connectivity index (χ1) is 12.2. The van der Waals surface area contributed by atoms with Gasteiger partial charge in [-0.2, -0.15) is 5.10 Å². The Morgan fingerprint density at radius 1 is 1.24 bits per heavy atom. The van der Waals surface area contributed by atoms with E-state index in [0.29, 0.717) is 6.42 Å². The summed E-state index contributed by atoms with van der Waals surface area (Å²) in [4.78, 5) is 16.2. The van der Waals surface area contributed by atoms with E-state index in [9.17, 15) is 14.3 Å². The molecule has 0 aliphatic heterocycles. The number of nitrogens with one attached hydrogen (secondary N) is 1. The molecule has 0 aliphatic rings. The summed E-state index contributed by atoms with van der Waals surface area (Å²) in [6.45, 7) is -0.0700. The second-order valence-corrected chi connectivity index (χ2v) is 5.46. The molecule has 2 aromatic carbocycles. The summed E-state index contributed by atoms with van der Waals surface area (Å²) in [6.07, 6.45) is 3.06. The maximum atomic E-state index is 14.3. The van der Waals surface area contributed by atoms with Crippen LogP contribution in [0.3, 0.4) is 0 Å². The third-order valence-electron chi connectivity index (χ3n) is 3.80. The van der Waals surface area contributed by atoms with Gasteiger partial charge in [0.25, 0.3) is 5.91 Å². The van der Waals surface area contributed by atoms with Crippen molar-refractivity contribution in [2.24, 2.45) is 0 Å². The second-order valence-electron chi connectivity index (χ2n) is 5.46. The van der Waals surface area contributed by atoms with Crippen molar-refractivity contribution in [3.05, 3.63) is 78.1 Å². The molecule has 0 bridgehead atoms. The van der Waals surface area contributed by atoms with E-state index in [4.69, 9.17) is 0 Å². The molecule has 0 aliphatic carbocycles. The lowest BCUT2D eigenvalue weighted by atomic mass is 10.0. The quantitative estimate of drug-likeness (QED) is 0.721. The van der Waals surface area contributed by atoms with Gasteiger partial charge in [-0.15, -0.1) is 0 Å². The van der Waals surface area contributed by atoms with Crippen LogP contribution in [0.4, 0.5) is 4.39 Å². The van der Waals surface area contributed by atoms with Crippen LogP contribution >= 0.6 is 0 Å². The first-order valence-electron chi connectivity index (χ1n) is 7.80. The highest BCUT2D eigenvalue weighted by Gasteiger charge is 2.17. The minimum absolute atomic E-state index is 0.0700. The van der Waals surface area contributed by atoms with Crippen molar-refractivity contribution in [1.29, 1.82) is 0 Å². The van der Waals surface area contributed by atoms with Crippen molar-refractivity contribution < 1.29 is 14.3 Å². The maximum absolute atomic E-state index is 14.3. The van der Waals surface area contributed by atoms with Crippen molar-refractivity contribution in [2.75, 3.05) is 6.61 Å². The van der Waals surface area contributed by atoms with E-state index in [1.54, 1.807) is 0 Å². The molecule has 7 heteroatoms. The molecular formula is C18H17FN4O2. The fraction of sp³-hybridized carbons (Fsp3) is 0.167. The van der Waals surface area contributed by atoms with Crippen LogP contribution in [0.2, 0.25) is 0 Å². The molecular weight excluding hydrogens is 323 g/mol. The van der Waals surface area contributed by atoms with E-state index in [0.717, 1.165) is 11.6 Å². The van der Waals surface area contributed by atoms with Crippen LogP contribution in [0.1, 0.15) is 28.4 Å². The van der Waals surface area contributed by atoms with Crippen LogP contribution in [-0.2, 0) is 0 Å². The van der Waals surface area contributed by atoms with Crippen LogP contribution in [0.5, 0.6) is 0 Å². The lowest BCUT2D eigenvalue weighted by molar-refractivity contribution is 0.0929. The molecule has 25 heavy (non-hydrogen) atoms. The Balaban J connectivity index is 1.79. The number of aliphatic hydroxyl groups excluding tert-OH is 1. The second kappa shape index (κ2) is 7.67.